The number of hydrogen-bond donors (Lipinski definition) is 0. The van der Waals surface area contributed by atoms with Crippen molar-refractivity contribution in [3.8, 4) is 6.07 Å². The molecule has 1 rings (SSSR count). The van der Waals surface area contributed by atoms with E-state index in [0.29, 0.717) is 0 Å². The lowest BCUT2D eigenvalue weighted by atomic mass is 9.81. The lowest BCUT2D eigenvalue weighted by molar-refractivity contribution is 0.687. The lowest BCUT2D eigenvalue weighted by Gasteiger charge is -2.17. The Morgan fingerprint density at radius 3 is 2.57 bits per heavy atom. The monoisotopic (exact) mass is 249 g/mol. The Labute approximate surface area is 94.7 Å². The maximum atomic E-state index is 9.04. The number of hydrogen-bond acceptors (Lipinski definition) is 1. The van der Waals surface area contributed by atoms with Gasteiger partial charge in [0.2, 0.25) is 0 Å². The molecule has 0 N–H and O–H groups in total. The lowest BCUT2D eigenvalue weighted by Crippen LogP contribution is -2.17. The van der Waals surface area contributed by atoms with Crippen molar-refractivity contribution in [2.45, 2.75) is 24.6 Å². The zero-order valence-corrected chi connectivity index (χ0v) is 10.4. The highest BCUT2D eigenvalue weighted by Crippen LogP contribution is 2.22. The maximum absolute atomic E-state index is 9.04. The van der Waals surface area contributed by atoms with E-state index in [1.54, 1.807) is 0 Å². The van der Waals surface area contributed by atoms with Gasteiger partial charge in [0.15, 0.2) is 0 Å². The van der Waals surface area contributed by atoms with Gasteiger partial charge >= 0.3 is 0 Å². The highest BCUT2D eigenvalue weighted by Gasteiger charge is 2.19. The van der Waals surface area contributed by atoms with E-state index >= 15 is 0 Å². The molecule has 0 fully saturated rings. The minimum Gasteiger partial charge on any atom is -0.197 e. The van der Waals surface area contributed by atoms with Gasteiger partial charge in [-0.2, -0.15) is 5.26 Å². The van der Waals surface area contributed by atoms with Crippen molar-refractivity contribution < 1.29 is 0 Å². The van der Waals surface area contributed by atoms with Crippen LogP contribution < -0.4 is 5.46 Å². The van der Waals surface area contributed by atoms with Crippen molar-refractivity contribution in [3.05, 3.63) is 29.3 Å². The molecule has 0 bridgehead atoms. The van der Waals surface area contributed by atoms with Crippen LogP contribution in [0.3, 0.4) is 0 Å². The first-order valence-electron chi connectivity index (χ1n) is 4.58. The van der Waals surface area contributed by atoms with E-state index in [4.69, 9.17) is 5.26 Å². The molecule has 0 unspecified atom stereocenters. The zero-order valence-electron chi connectivity index (χ0n) is 8.76. The standard InChI is InChI=1S/C11H13BBrN/c1-11(2,7-14)9-3-8(6-13)4-10(12)5-9/h3-5H,6,12H2,1-2H3. The van der Waals surface area contributed by atoms with Crippen LogP contribution in [0.1, 0.15) is 25.0 Å². The van der Waals surface area contributed by atoms with E-state index in [1.807, 2.05) is 13.8 Å². The third kappa shape index (κ3) is 2.39. The molecule has 0 atom stereocenters. The van der Waals surface area contributed by atoms with Gasteiger partial charge in [-0.15, -0.1) is 0 Å². The SMILES string of the molecule is Bc1cc(CBr)cc(C(C)(C)C#N)c1. The molecule has 0 amide bonds. The molecule has 0 aliphatic heterocycles. The molecule has 0 aliphatic rings. The topological polar surface area (TPSA) is 23.8 Å². The second-order valence-corrected chi connectivity index (χ2v) is 4.64. The fourth-order valence-corrected chi connectivity index (χ4v) is 1.69. The second-order valence-electron chi connectivity index (χ2n) is 4.08. The molecule has 0 saturated heterocycles. The van der Waals surface area contributed by atoms with Crippen molar-refractivity contribution in [1.82, 2.24) is 0 Å². The third-order valence-electron chi connectivity index (χ3n) is 2.29. The predicted molar refractivity (Wildman–Crippen MR) is 65.9 cm³/mol. The van der Waals surface area contributed by atoms with Crippen LogP contribution in [0, 0.1) is 11.3 Å². The number of benzene rings is 1. The molecule has 0 saturated carbocycles. The summed E-state index contributed by atoms with van der Waals surface area (Å²) in [6.07, 6.45) is 0. The van der Waals surface area contributed by atoms with Gasteiger partial charge in [-0.3, -0.25) is 0 Å². The van der Waals surface area contributed by atoms with Crippen molar-refractivity contribution in [3.63, 3.8) is 0 Å². The van der Waals surface area contributed by atoms with Gasteiger partial charge in [0.25, 0.3) is 0 Å². The Morgan fingerprint density at radius 2 is 2.07 bits per heavy atom. The van der Waals surface area contributed by atoms with Crippen molar-refractivity contribution in [2.24, 2.45) is 0 Å². The molecule has 14 heavy (non-hydrogen) atoms. The van der Waals surface area contributed by atoms with Crippen LogP contribution in [0.25, 0.3) is 0 Å². The highest BCUT2D eigenvalue weighted by molar-refractivity contribution is 9.08. The molecule has 1 aromatic rings. The van der Waals surface area contributed by atoms with Gasteiger partial charge in [-0.25, -0.2) is 0 Å². The first-order chi connectivity index (χ1) is 6.49. The molecule has 0 radical (unpaired) electrons. The number of nitrogens with zero attached hydrogens (tertiary/aromatic N) is 1. The zero-order chi connectivity index (χ0) is 10.8. The first kappa shape index (κ1) is 11.3. The number of halogens is 1. The molecule has 3 heteroatoms. The molecule has 0 spiro atoms. The van der Waals surface area contributed by atoms with E-state index in [2.05, 4.69) is 48.0 Å². The van der Waals surface area contributed by atoms with E-state index in [9.17, 15) is 0 Å². The number of rotatable bonds is 2. The Balaban J connectivity index is 3.24. The average Bonchev–Trinajstić information content (AvgIpc) is 2.16. The van der Waals surface area contributed by atoms with Crippen molar-refractivity contribution in [2.75, 3.05) is 0 Å². The van der Waals surface area contributed by atoms with Crippen LogP contribution >= 0.6 is 15.9 Å². The van der Waals surface area contributed by atoms with Crippen molar-refractivity contribution >= 4 is 29.2 Å². The summed E-state index contributed by atoms with van der Waals surface area (Å²) < 4.78 is 0. The van der Waals surface area contributed by atoms with E-state index in [0.717, 1.165) is 10.9 Å². The van der Waals surface area contributed by atoms with Gasteiger partial charge in [0, 0.05) is 5.33 Å². The fraction of sp³-hybridized carbons (Fsp3) is 0.364. The molecule has 1 nitrogen and oxygen atoms in total. The molecule has 0 aliphatic carbocycles. The van der Waals surface area contributed by atoms with Gasteiger partial charge < -0.3 is 0 Å². The summed E-state index contributed by atoms with van der Waals surface area (Å²) in [5, 5.41) is 9.88. The van der Waals surface area contributed by atoms with Crippen LogP contribution in [0.4, 0.5) is 0 Å². The largest absolute Gasteiger partial charge is 0.197 e. The van der Waals surface area contributed by atoms with Gasteiger partial charge in [0.1, 0.15) is 7.85 Å². The third-order valence-corrected chi connectivity index (χ3v) is 2.94. The summed E-state index contributed by atoms with van der Waals surface area (Å²) in [4.78, 5) is 0. The van der Waals surface area contributed by atoms with Gasteiger partial charge in [-0.1, -0.05) is 39.6 Å². The fourth-order valence-electron chi connectivity index (χ4n) is 1.36. The Hall–Kier alpha value is -0.745. The molecule has 0 aromatic heterocycles. The Bertz CT molecular complexity index is 379. The van der Waals surface area contributed by atoms with Crippen LogP contribution in [0.15, 0.2) is 18.2 Å². The van der Waals surface area contributed by atoms with E-state index in [-0.39, 0.29) is 0 Å². The normalized spacial score (nSPS) is 11.0. The molecule has 1 aromatic carbocycles. The highest BCUT2D eigenvalue weighted by atomic mass is 79.9. The predicted octanol–water partition coefficient (Wildman–Crippen LogP) is 1.64. The van der Waals surface area contributed by atoms with Crippen LogP contribution in [0.2, 0.25) is 0 Å². The Morgan fingerprint density at radius 1 is 1.43 bits per heavy atom. The molecular weight excluding hydrogens is 237 g/mol. The Kier molecular flexibility index (Phi) is 3.39. The van der Waals surface area contributed by atoms with Crippen LogP contribution in [-0.4, -0.2) is 7.85 Å². The van der Waals surface area contributed by atoms with Gasteiger partial charge in [-0.05, 0) is 25.0 Å². The quantitative estimate of drug-likeness (QED) is 0.578. The minimum absolute atomic E-state index is 0.400. The first-order valence-corrected chi connectivity index (χ1v) is 5.70. The summed E-state index contributed by atoms with van der Waals surface area (Å²) in [6.45, 7) is 3.89. The van der Waals surface area contributed by atoms with Gasteiger partial charge in [0.05, 0.1) is 11.5 Å². The summed E-state index contributed by atoms with van der Waals surface area (Å²) >= 11 is 3.43. The maximum Gasteiger partial charge on any atom is 0.139 e. The van der Waals surface area contributed by atoms with Crippen molar-refractivity contribution in [1.29, 1.82) is 5.26 Å². The summed E-state index contributed by atoms with van der Waals surface area (Å²) in [5.74, 6) is 0. The smallest absolute Gasteiger partial charge is 0.139 e. The summed E-state index contributed by atoms with van der Waals surface area (Å²) in [5.41, 5.74) is 3.13. The number of nitriles is 1. The van der Waals surface area contributed by atoms with Crippen LogP contribution in [-0.2, 0) is 10.7 Å². The molecule has 0 heterocycles. The van der Waals surface area contributed by atoms with E-state index in [1.165, 1.54) is 11.0 Å². The second kappa shape index (κ2) is 4.19. The van der Waals surface area contributed by atoms with E-state index < -0.39 is 5.41 Å². The molecular formula is C11H13BBrN. The minimum atomic E-state index is -0.400. The average molecular weight is 250 g/mol. The summed E-state index contributed by atoms with van der Waals surface area (Å²) in [6, 6.07) is 8.62. The summed E-state index contributed by atoms with van der Waals surface area (Å²) in [7, 11) is 2.06. The molecule has 72 valence electrons. The number of alkyl halides is 1. The van der Waals surface area contributed by atoms with Crippen LogP contribution in [0.5, 0.6) is 0 Å².